The first-order chi connectivity index (χ1) is 13.6. The molecule has 0 saturated carbocycles. The lowest BCUT2D eigenvalue weighted by Gasteiger charge is -2.11. The summed E-state index contributed by atoms with van der Waals surface area (Å²) in [6.45, 7) is 4.11. The van der Waals surface area contributed by atoms with Crippen molar-refractivity contribution in [3.63, 3.8) is 0 Å². The number of nitrogens with one attached hydrogen (secondary N) is 2. The number of amides is 2. The number of aryl methyl sites for hydroxylation is 1. The number of benzene rings is 2. The van der Waals surface area contributed by atoms with Gasteiger partial charge in [-0.25, -0.2) is 0 Å². The second-order valence-corrected chi connectivity index (χ2v) is 6.13. The maximum absolute atomic E-state index is 12.7. The molecule has 0 bridgehead atoms. The number of aromatic nitrogens is 3. The maximum Gasteiger partial charge on any atom is 0.272 e. The Labute approximate surface area is 163 Å². The minimum absolute atomic E-state index is 0.167. The maximum atomic E-state index is 12.7. The van der Waals surface area contributed by atoms with Crippen molar-refractivity contribution in [1.82, 2.24) is 20.1 Å². The second-order valence-electron chi connectivity index (χ2n) is 6.13. The topological polar surface area (TPSA) is 88.9 Å². The first-order valence-corrected chi connectivity index (χ1v) is 8.90. The summed E-state index contributed by atoms with van der Waals surface area (Å²) >= 11 is 0. The average molecular weight is 375 g/mol. The molecule has 0 radical (unpaired) electrons. The minimum Gasteiger partial charge on any atom is -0.322 e. The van der Waals surface area contributed by atoms with E-state index in [0.717, 1.165) is 23.5 Å². The Morgan fingerprint density at radius 2 is 1.89 bits per heavy atom. The fourth-order valence-electron chi connectivity index (χ4n) is 2.71. The van der Waals surface area contributed by atoms with Gasteiger partial charge in [0.05, 0.1) is 0 Å². The Balaban J connectivity index is 1.85. The van der Waals surface area contributed by atoms with Crippen LogP contribution in [0.25, 0.3) is 17.5 Å². The third-order valence-electron chi connectivity index (χ3n) is 4.00. The lowest BCUT2D eigenvalue weighted by atomic mass is 10.1. The molecule has 0 saturated heterocycles. The average Bonchev–Trinajstić information content (AvgIpc) is 3.17. The fourth-order valence-corrected chi connectivity index (χ4v) is 2.71. The van der Waals surface area contributed by atoms with Gasteiger partial charge in [0.25, 0.3) is 5.91 Å². The molecule has 1 aromatic heterocycles. The molecular formula is C21H21N5O2. The zero-order chi connectivity index (χ0) is 19.9. The SMILES string of the molecule is CCn1cnnc1-c1cccc(NC(=O)C(=Cc2ccccc2)NC(C)=O)c1. The molecule has 142 valence electrons. The highest BCUT2D eigenvalue weighted by Crippen LogP contribution is 2.21. The third kappa shape index (κ3) is 4.70. The first-order valence-electron chi connectivity index (χ1n) is 8.90. The monoisotopic (exact) mass is 375 g/mol. The van der Waals surface area contributed by atoms with E-state index < -0.39 is 5.91 Å². The van der Waals surface area contributed by atoms with Crippen molar-refractivity contribution in [3.05, 3.63) is 72.2 Å². The number of hydrogen-bond donors (Lipinski definition) is 2. The summed E-state index contributed by atoms with van der Waals surface area (Å²) in [5, 5.41) is 13.5. The molecule has 1 heterocycles. The van der Waals surface area contributed by atoms with Crippen LogP contribution in [0.3, 0.4) is 0 Å². The zero-order valence-corrected chi connectivity index (χ0v) is 15.7. The highest BCUT2D eigenvalue weighted by molar-refractivity contribution is 6.08. The molecule has 0 aliphatic heterocycles. The molecule has 0 spiro atoms. The summed E-state index contributed by atoms with van der Waals surface area (Å²) in [5.74, 6) is -0.00389. The number of rotatable bonds is 6. The zero-order valence-electron chi connectivity index (χ0n) is 15.7. The Morgan fingerprint density at radius 1 is 1.11 bits per heavy atom. The molecule has 28 heavy (non-hydrogen) atoms. The summed E-state index contributed by atoms with van der Waals surface area (Å²) in [4.78, 5) is 24.3. The van der Waals surface area contributed by atoms with Crippen LogP contribution in [0.2, 0.25) is 0 Å². The van der Waals surface area contributed by atoms with Crippen LogP contribution in [0.5, 0.6) is 0 Å². The predicted molar refractivity (Wildman–Crippen MR) is 108 cm³/mol. The van der Waals surface area contributed by atoms with Gasteiger partial charge in [-0.05, 0) is 30.7 Å². The molecule has 2 aromatic carbocycles. The van der Waals surface area contributed by atoms with E-state index in [9.17, 15) is 9.59 Å². The molecule has 7 nitrogen and oxygen atoms in total. The number of hydrogen-bond acceptors (Lipinski definition) is 4. The van der Waals surface area contributed by atoms with Gasteiger partial charge in [-0.2, -0.15) is 0 Å². The van der Waals surface area contributed by atoms with Crippen LogP contribution in [0.1, 0.15) is 19.4 Å². The smallest absolute Gasteiger partial charge is 0.272 e. The van der Waals surface area contributed by atoms with Crippen molar-refractivity contribution in [3.8, 4) is 11.4 Å². The molecule has 0 aliphatic rings. The van der Waals surface area contributed by atoms with Gasteiger partial charge in [0.1, 0.15) is 12.0 Å². The summed E-state index contributed by atoms with van der Waals surface area (Å²) in [5.41, 5.74) is 2.41. The molecule has 7 heteroatoms. The van der Waals surface area contributed by atoms with E-state index in [-0.39, 0.29) is 11.6 Å². The van der Waals surface area contributed by atoms with Crippen LogP contribution in [-0.4, -0.2) is 26.6 Å². The van der Waals surface area contributed by atoms with Crippen molar-refractivity contribution in [1.29, 1.82) is 0 Å². The molecule has 0 fully saturated rings. The van der Waals surface area contributed by atoms with Crippen molar-refractivity contribution in [2.45, 2.75) is 20.4 Å². The first kappa shape index (κ1) is 19.0. The van der Waals surface area contributed by atoms with E-state index in [1.165, 1.54) is 6.92 Å². The molecule has 2 N–H and O–H groups in total. The van der Waals surface area contributed by atoms with Gasteiger partial charge in [0.2, 0.25) is 5.91 Å². The third-order valence-corrected chi connectivity index (χ3v) is 4.00. The van der Waals surface area contributed by atoms with Crippen molar-refractivity contribution >= 4 is 23.6 Å². The lowest BCUT2D eigenvalue weighted by Crippen LogP contribution is -2.28. The Morgan fingerprint density at radius 3 is 2.61 bits per heavy atom. The van der Waals surface area contributed by atoms with Gasteiger partial charge in [-0.15, -0.1) is 10.2 Å². The Kier molecular flexibility index (Phi) is 5.96. The number of carbonyl (C=O) groups is 2. The number of anilines is 1. The van der Waals surface area contributed by atoms with E-state index in [1.54, 1.807) is 18.5 Å². The quantitative estimate of drug-likeness (QED) is 0.648. The van der Waals surface area contributed by atoms with Crippen LogP contribution >= 0.6 is 0 Å². The standard InChI is InChI=1S/C21H21N5O2/c1-3-26-14-22-25-20(26)17-10-7-11-18(13-17)24-21(28)19(23-15(2)27)12-16-8-5-4-6-9-16/h4-14H,3H2,1-2H3,(H,23,27)(H,24,28). The summed E-state index contributed by atoms with van der Waals surface area (Å²) < 4.78 is 1.92. The van der Waals surface area contributed by atoms with Gasteiger partial charge in [-0.3, -0.25) is 9.59 Å². The van der Waals surface area contributed by atoms with Crippen molar-refractivity contribution in [2.75, 3.05) is 5.32 Å². The minimum atomic E-state index is -0.409. The molecule has 3 aromatic rings. The normalized spacial score (nSPS) is 11.1. The van der Waals surface area contributed by atoms with E-state index in [2.05, 4.69) is 20.8 Å². The van der Waals surface area contributed by atoms with Crippen LogP contribution in [0.15, 0.2) is 66.6 Å². The fraction of sp³-hybridized carbons (Fsp3) is 0.143. The second kappa shape index (κ2) is 8.77. The van der Waals surface area contributed by atoms with E-state index in [0.29, 0.717) is 5.69 Å². The molecule has 3 rings (SSSR count). The van der Waals surface area contributed by atoms with Gasteiger partial charge in [0, 0.05) is 24.7 Å². The summed E-state index contributed by atoms with van der Waals surface area (Å²) in [6, 6.07) is 16.7. The lowest BCUT2D eigenvalue weighted by molar-refractivity contribution is -0.120. The largest absolute Gasteiger partial charge is 0.322 e. The van der Waals surface area contributed by atoms with Gasteiger partial charge in [0.15, 0.2) is 5.82 Å². The summed E-state index contributed by atoms with van der Waals surface area (Å²) in [6.07, 6.45) is 3.30. The molecule has 0 aliphatic carbocycles. The van der Waals surface area contributed by atoms with Crippen LogP contribution < -0.4 is 10.6 Å². The van der Waals surface area contributed by atoms with E-state index >= 15 is 0 Å². The van der Waals surface area contributed by atoms with Crippen LogP contribution in [0, 0.1) is 0 Å². The van der Waals surface area contributed by atoms with E-state index in [4.69, 9.17) is 0 Å². The van der Waals surface area contributed by atoms with Crippen molar-refractivity contribution in [2.24, 2.45) is 0 Å². The highest BCUT2D eigenvalue weighted by Gasteiger charge is 2.13. The number of carbonyl (C=O) groups excluding carboxylic acids is 2. The Bertz CT molecular complexity index is 1010. The van der Waals surface area contributed by atoms with Gasteiger partial charge >= 0.3 is 0 Å². The van der Waals surface area contributed by atoms with Crippen LogP contribution in [0.4, 0.5) is 5.69 Å². The molecule has 0 atom stereocenters. The van der Waals surface area contributed by atoms with Crippen LogP contribution in [-0.2, 0) is 16.1 Å². The van der Waals surface area contributed by atoms with Crippen molar-refractivity contribution < 1.29 is 9.59 Å². The van der Waals surface area contributed by atoms with Gasteiger partial charge < -0.3 is 15.2 Å². The Hall–Kier alpha value is -3.74. The number of nitrogens with zero attached hydrogens (tertiary/aromatic N) is 3. The highest BCUT2D eigenvalue weighted by atomic mass is 16.2. The van der Waals surface area contributed by atoms with E-state index in [1.807, 2.05) is 60.0 Å². The molecule has 0 unspecified atom stereocenters. The predicted octanol–water partition coefficient (Wildman–Crippen LogP) is 3.08. The van der Waals surface area contributed by atoms with Gasteiger partial charge in [-0.1, -0.05) is 42.5 Å². The summed E-state index contributed by atoms with van der Waals surface area (Å²) in [7, 11) is 0. The molecular weight excluding hydrogens is 354 g/mol. The molecule has 2 amide bonds.